The van der Waals surface area contributed by atoms with E-state index in [4.69, 9.17) is 20.6 Å². The Hall–Kier alpha value is 0.720. The lowest BCUT2D eigenvalue weighted by molar-refractivity contribution is 0.00763. The zero-order valence-electron chi connectivity index (χ0n) is 10.2. The molecule has 1 aliphatic rings. The maximum Gasteiger partial charge on any atom is 0.389 e. The molecule has 0 aliphatic heterocycles. The van der Waals surface area contributed by atoms with Gasteiger partial charge in [-0.1, -0.05) is 24.9 Å². The highest BCUT2D eigenvalue weighted by molar-refractivity contribution is 8.55. The van der Waals surface area contributed by atoms with E-state index in [9.17, 15) is 8.96 Å². The molecular formula is C10H19ClFO3PS. The van der Waals surface area contributed by atoms with Gasteiger partial charge in [-0.15, -0.1) is 0 Å². The first kappa shape index (κ1) is 15.8. The molecule has 0 aromatic heterocycles. The van der Waals surface area contributed by atoms with Crippen molar-refractivity contribution in [3.05, 3.63) is 0 Å². The molecule has 1 saturated carbocycles. The number of halogens is 2. The van der Waals surface area contributed by atoms with Crippen molar-refractivity contribution in [2.75, 3.05) is 12.4 Å². The molecule has 0 spiro atoms. The molecule has 0 heterocycles. The zero-order valence-corrected chi connectivity index (χ0v) is 12.6. The Labute approximate surface area is 111 Å². The SMILES string of the molecule is CCCCSP(=O)(OCC)OC1CC(F)(Cl)C1. The van der Waals surface area contributed by atoms with E-state index in [2.05, 4.69) is 6.92 Å². The molecule has 0 N–H and O–H groups in total. The van der Waals surface area contributed by atoms with E-state index in [1.807, 2.05) is 0 Å². The van der Waals surface area contributed by atoms with Crippen LogP contribution in [0.25, 0.3) is 0 Å². The molecule has 0 aromatic carbocycles. The number of hydrogen-bond donors (Lipinski definition) is 0. The van der Waals surface area contributed by atoms with E-state index in [1.165, 1.54) is 11.4 Å². The van der Waals surface area contributed by atoms with E-state index >= 15 is 0 Å². The maximum absolute atomic E-state index is 13.1. The first-order chi connectivity index (χ1) is 7.91. The van der Waals surface area contributed by atoms with Crippen molar-refractivity contribution in [2.24, 2.45) is 0 Å². The molecule has 102 valence electrons. The predicted octanol–water partition coefficient (Wildman–Crippen LogP) is 4.75. The lowest BCUT2D eigenvalue weighted by Gasteiger charge is -2.37. The van der Waals surface area contributed by atoms with Crippen LogP contribution in [0.4, 0.5) is 4.39 Å². The Bertz CT molecular complexity index is 283. The van der Waals surface area contributed by atoms with Gasteiger partial charge in [0, 0.05) is 18.6 Å². The minimum atomic E-state index is -3.14. The first-order valence-corrected chi connectivity index (χ1v) is 9.37. The molecule has 0 saturated heterocycles. The fraction of sp³-hybridized carbons (Fsp3) is 1.00. The monoisotopic (exact) mass is 304 g/mol. The topological polar surface area (TPSA) is 35.5 Å². The van der Waals surface area contributed by atoms with Crippen LogP contribution in [0, 0.1) is 0 Å². The van der Waals surface area contributed by atoms with E-state index in [0.29, 0.717) is 6.61 Å². The second kappa shape index (κ2) is 6.76. The summed E-state index contributed by atoms with van der Waals surface area (Å²) < 4.78 is 35.9. The summed E-state index contributed by atoms with van der Waals surface area (Å²) in [5, 5.41) is -1.68. The molecule has 1 aliphatic carbocycles. The quantitative estimate of drug-likeness (QED) is 0.368. The van der Waals surface area contributed by atoms with Crippen LogP contribution in [0.1, 0.15) is 39.5 Å². The zero-order chi connectivity index (χ0) is 12.9. The van der Waals surface area contributed by atoms with Gasteiger partial charge in [0.25, 0.3) is 0 Å². The Balaban J connectivity index is 2.39. The summed E-state index contributed by atoms with van der Waals surface area (Å²) in [6.45, 7) is 1.01. The number of alkyl halides is 2. The molecule has 1 unspecified atom stereocenters. The number of hydrogen-bond acceptors (Lipinski definition) is 4. The van der Waals surface area contributed by atoms with Crippen LogP contribution in [0.3, 0.4) is 0 Å². The molecular weight excluding hydrogens is 286 g/mol. The second-order valence-corrected chi connectivity index (χ2v) is 8.87. The summed E-state index contributed by atoms with van der Waals surface area (Å²) in [6, 6.07) is 0. The Morgan fingerprint density at radius 1 is 1.53 bits per heavy atom. The molecule has 7 heteroatoms. The van der Waals surface area contributed by atoms with Gasteiger partial charge in [0.15, 0.2) is 5.13 Å². The van der Waals surface area contributed by atoms with Crippen molar-refractivity contribution in [3.8, 4) is 0 Å². The summed E-state index contributed by atoms with van der Waals surface area (Å²) in [5.41, 5.74) is 0. The van der Waals surface area contributed by atoms with Gasteiger partial charge in [-0.3, -0.25) is 4.52 Å². The van der Waals surface area contributed by atoms with Crippen LogP contribution in [0.15, 0.2) is 0 Å². The van der Waals surface area contributed by atoms with Gasteiger partial charge in [0.05, 0.1) is 12.7 Å². The molecule has 17 heavy (non-hydrogen) atoms. The van der Waals surface area contributed by atoms with Gasteiger partial charge in [-0.2, -0.15) is 0 Å². The van der Waals surface area contributed by atoms with E-state index < -0.39 is 11.9 Å². The van der Waals surface area contributed by atoms with Crippen molar-refractivity contribution in [1.29, 1.82) is 0 Å². The van der Waals surface area contributed by atoms with Crippen LogP contribution in [0.2, 0.25) is 0 Å². The van der Waals surface area contributed by atoms with Crippen molar-refractivity contribution < 1.29 is 18.0 Å². The minimum absolute atomic E-state index is 0.0833. The minimum Gasteiger partial charge on any atom is -0.301 e. The molecule has 0 amide bonds. The van der Waals surface area contributed by atoms with E-state index in [-0.39, 0.29) is 18.9 Å². The van der Waals surface area contributed by atoms with Crippen LogP contribution in [-0.2, 0) is 13.6 Å². The fourth-order valence-electron chi connectivity index (χ4n) is 1.44. The maximum atomic E-state index is 13.1. The third-order valence-electron chi connectivity index (χ3n) is 2.37. The molecule has 0 radical (unpaired) electrons. The lowest BCUT2D eigenvalue weighted by Crippen LogP contribution is -2.39. The Morgan fingerprint density at radius 3 is 2.65 bits per heavy atom. The van der Waals surface area contributed by atoms with E-state index in [0.717, 1.165) is 18.6 Å². The third kappa shape index (κ3) is 5.48. The fourth-order valence-corrected chi connectivity index (χ4v) is 5.60. The summed E-state index contributed by atoms with van der Waals surface area (Å²) in [6.07, 6.45) is 1.76. The average Bonchev–Trinajstić information content (AvgIpc) is 2.15. The average molecular weight is 305 g/mol. The molecule has 1 atom stereocenters. The van der Waals surface area contributed by atoms with Gasteiger partial charge in [-0.25, -0.2) is 8.96 Å². The van der Waals surface area contributed by atoms with Crippen molar-refractivity contribution in [3.63, 3.8) is 0 Å². The third-order valence-corrected chi connectivity index (χ3v) is 6.66. The molecule has 0 bridgehead atoms. The Kier molecular flexibility index (Phi) is 6.27. The molecule has 3 nitrogen and oxygen atoms in total. The normalized spacial score (nSPS) is 31.9. The van der Waals surface area contributed by atoms with Gasteiger partial charge in [0.2, 0.25) is 0 Å². The second-order valence-electron chi connectivity index (χ2n) is 4.04. The van der Waals surface area contributed by atoms with Crippen molar-refractivity contribution in [1.82, 2.24) is 0 Å². The predicted molar refractivity (Wildman–Crippen MR) is 70.4 cm³/mol. The highest BCUT2D eigenvalue weighted by Crippen LogP contribution is 2.64. The highest BCUT2D eigenvalue weighted by atomic mass is 35.5. The van der Waals surface area contributed by atoms with Crippen LogP contribution >= 0.6 is 29.8 Å². The van der Waals surface area contributed by atoms with Gasteiger partial charge in [0.1, 0.15) is 0 Å². The van der Waals surface area contributed by atoms with E-state index in [1.54, 1.807) is 6.92 Å². The highest BCUT2D eigenvalue weighted by Gasteiger charge is 2.47. The van der Waals surface area contributed by atoms with Crippen LogP contribution in [0.5, 0.6) is 0 Å². The summed E-state index contributed by atoms with van der Waals surface area (Å²) in [7, 11) is 0. The lowest BCUT2D eigenvalue weighted by atomic mass is 9.93. The first-order valence-electron chi connectivity index (χ1n) is 5.86. The standard InChI is InChI=1S/C10H19ClFO3PS/c1-3-5-6-17-16(13,14-4-2)15-9-7-10(11,12)8-9/h9H,3-8H2,1-2H3. The molecule has 1 fully saturated rings. The van der Waals surface area contributed by atoms with Gasteiger partial charge in [-0.05, 0) is 24.7 Å². The summed E-state index contributed by atoms with van der Waals surface area (Å²) in [5.74, 6) is 0.724. The number of rotatable bonds is 8. The Morgan fingerprint density at radius 2 is 2.18 bits per heavy atom. The summed E-state index contributed by atoms with van der Waals surface area (Å²) in [4.78, 5) is 0. The number of unbranched alkanes of at least 4 members (excludes halogenated alkanes) is 1. The van der Waals surface area contributed by atoms with Gasteiger partial charge < -0.3 is 4.52 Å². The molecule has 0 aromatic rings. The van der Waals surface area contributed by atoms with Gasteiger partial charge >= 0.3 is 6.80 Å². The largest absolute Gasteiger partial charge is 0.389 e. The summed E-state index contributed by atoms with van der Waals surface area (Å²) >= 11 is 6.64. The molecule has 1 rings (SSSR count). The van der Waals surface area contributed by atoms with Crippen molar-refractivity contribution in [2.45, 2.75) is 50.8 Å². The van der Waals surface area contributed by atoms with Crippen molar-refractivity contribution >= 4 is 29.8 Å². The smallest absolute Gasteiger partial charge is 0.301 e. The van der Waals surface area contributed by atoms with Crippen LogP contribution in [-0.4, -0.2) is 23.6 Å². The van der Waals surface area contributed by atoms with Crippen LogP contribution < -0.4 is 0 Å².